The number of rotatable bonds is 2. The van der Waals surface area contributed by atoms with E-state index >= 15 is 0 Å². The normalized spacial score (nSPS) is 15.1. The molecule has 2 nitrogen and oxygen atoms in total. The van der Waals surface area contributed by atoms with Gasteiger partial charge in [0.2, 0.25) is 0 Å². The van der Waals surface area contributed by atoms with E-state index in [1.807, 2.05) is 38.1 Å². The van der Waals surface area contributed by atoms with E-state index in [9.17, 15) is 9.50 Å². The molecule has 1 heterocycles. The average Bonchev–Trinajstić information content (AvgIpc) is 2.35. The Morgan fingerprint density at radius 1 is 1.32 bits per heavy atom. The third-order valence-corrected chi connectivity index (χ3v) is 3.30. The van der Waals surface area contributed by atoms with Crippen molar-refractivity contribution in [2.24, 2.45) is 0 Å². The van der Waals surface area contributed by atoms with Crippen LogP contribution in [-0.4, -0.2) is 17.1 Å². The Labute approximate surface area is 113 Å². The van der Waals surface area contributed by atoms with Gasteiger partial charge in [0.1, 0.15) is 11.6 Å². The number of benzene rings is 1. The van der Waals surface area contributed by atoms with Gasteiger partial charge in [0.05, 0.1) is 0 Å². The van der Waals surface area contributed by atoms with Gasteiger partial charge in [-0.2, -0.15) is 0 Å². The molecule has 0 saturated carbocycles. The van der Waals surface area contributed by atoms with E-state index in [1.54, 1.807) is 6.08 Å². The van der Waals surface area contributed by atoms with Crippen molar-refractivity contribution in [1.82, 2.24) is 4.90 Å². The van der Waals surface area contributed by atoms with Crippen molar-refractivity contribution in [3.05, 3.63) is 59.7 Å². The molecule has 0 bridgehead atoms. The van der Waals surface area contributed by atoms with Crippen LogP contribution in [0.25, 0.3) is 5.57 Å². The maximum Gasteiger partial charge on any atom is 0.131 e. The number of hydrogen-bond donors (Lipinski definition) is 1. The van der Waals surface area contributed by atoms with Crippen molar-refractivity contribution < 1.29 is 9.50 Å². The number of nitrogens with zero attached hydrogens (tertiary/aromatic N) is 1. The van der Waals surface area contributed by atoms with E-state index in [1.165, 1.54) is 12.1 Å². The summed E-state index contributed by atoms with van der Waals surface area (Å²) in [6.45, 7) is 7.72. The van der Waals surface area contributed by atoms with Crippen molar-refractivity contribution in [1.29, 1.82) is 0 Å². The van der Waals surface area contributed by atoms with Gasteiger partial charge in [0.25, 0.3) is 0 Å². The molecule has 0 amide bonds. The minimum Gasteiger partial charge on any atom is -0.508 e. The Morgan fingerprint density at radius 3 is 2.58 bits per heavy atom. The average molecular weight is 259 g/mol. The van der Waals surface area contributed by atoms with Gasteiger partial charge < -0.3 is 10.0 Å². The summed E-state index contributed by atoms with van der Waals surface area (Å²) in [4.78, 5) is 1.85. The van der Waals surface area contributed by atoms with E-state index in [-0.39, 0.29) is 17.5 Å². The molecule has 0 saturated heterocycles. The maximum absolute atomic E-state index is 14.2. The van der Waals surface area contributed by atoms with Crippen LogP contribution in [0.4, 0.5) is 4.39 Å². The maximum atomic E-state index is 14.2. The smallest absolute Gasteiger partial charge is 0.131 e. The van der Waals surface area contributed by atoms with Crippen LogP contribution in [0, 0.1) is 5.82 Å². The Kier molecular flexibility index (Phi) is 3.47. The van der Waals surface area contributed by atoms with Crippen LogP contribution in [0.1, 0.15) is 30.9 Å². The van der Waals surface area contributed by atoms with E-state index in [4.69, 9.17) is 0 Å². The zero-order valence-corrected chi connectivity index (χ0v) is 11.4. The second-order valence-corrected chi connectivity index (χ2v) is 5.06. The van der Waals surface area contributed by atoms with E-state index < -0.39 is 0 Å². The van der Waals surface area contributed by atoms with Gasteiger partial charge >= 0.3 is 0 Å². The fraction of sp³-hybridized carbons (Fsp3) is 0.250. The summed E-state index contributed by atoms with van der Waals surface area (Å²) in [6, 6.07) is 2.89. The number of likely N-dealkylation sites (N-methyl/N-ethyl adjacent to an activating group) is 1. The molecule has 100 valence electrons. The minimum atomic E-state index is -0.324. The van der Waals surface area contributed by atoms with Gasteiger partial charge in [-0.1, -0.05) is 20.4 Å². The Hall–Kier alpha value is -2.03. The number of phenols is 1. The highest BCUT2D eigenvalue weighted by atomic mass is 19.1. The second kappa shape index (κ2) is 4.92. The lowest BCUT2D eigenvalue weighted by molar-refractivity contribution is 0.461. The highest BCUT2D eigenvalue weighted by Crippen LogP contribution is 2.33. The van der Waals surface area contributed by atoms with Gasteiger partial charge in [-0.3, -0.25) is 0 Å². The van der Waals surface area contributed by atoms with E-state index in [2.05, 4.69) is 6.58 Å². The quantitative estimate of drug-likeness (QED) is 0.867. The Balaban J connectivity index is 2.48. The predicted molar refractivity (Wildman–Crippen MR) is 76.2 cm³/mol. The molecule has 1 aromatic rings. The number of allylic oxidation sites excluding steroid dienone is 3. The molecule has 1 aliphatic heterocycles. The van der Waals surface area contributed by atoms with Gasteiger partial charge in [-0.05, 0) is 41.3 Å². The van der Waals surface area contributed by atoms with Crippen LogP contribution in [0.5, 0.6) is 5.75 Å². The zero-order valence-electron chi connectivity index (χ0n) is 11.4. The molecule has 1 N–H and O–H groups in total. The molecule has 0 fully saturated rings. The Bertz CT molecular complexity index is 585. The van der Waals surface area contributed by atoms with Crippen LogP contribution in [0.15, 0.2) is 42.8 Å². The minimum absolute atomic E-state index is 0.0838. The summed E-state index contributed by atoms with van der Waals surface area (Å²) in [5, 5.41) is 9.98. The summed E-state index contributed by atoms with van der Waals surface area (Å²) in [6.07, 6.45) is 5.43. The van der Waals surface area contributed by atoms with Crippen molar-refractivity contribution in [2.45, 2.75) is 19.8 Å². The van der Waals surface area contributed by atoms with Gasteiger partial charge in [-0.15, -0.1) is 0 Å². The van der Waals surface area contributed by atoms with E-state index in [0.717, 1.165) is 5.70 Å². The second-order valence-electron chi connectivity index (χ2n) is 5.06. The largest absolute Gasteiger partial charge is 0.508 e. The standard InChI is InChI=1S/C16H18FNO/c1-10(2)13-8-15(17)14(9-16(13)19)12-5-6-18(4)11(3)7-12/h5-10,19H,3H2,1-2,4H3. The molecule has 2 rings (SSSR count). The highest BCUT2D eigenvalue weighted by Gasteiger charge is 2.15. The molecule has 0 radical (unpaired) electrons. The molecule has 1 aromatic carbocycles. The third-order valence-electron chi connectivity index (χ3n) is 3.30. The number of halogens is 1. The summed E-state index contributed by atoms with van der Waals surface area (Å²) in [5.41, 5.74) is 2.51. The first kappa shape index (κ1) is 13.4. The molecular weight excluding hydrogens is 241 g/mol. The first-order valence-corrected chi connectivity index (χ1v) is 6.24. The van der Waals surface area contributed by atoms with Crippen LogP contribution in [-0.2, 0) is 0 Å². The molecule has 0 spiro atoms. The first-order chi connectivity index (χ1) is 8.90. The lowest BCUT2D eigenvalue weighted by atomic mass is 9.95. The molecule has 0 unspecified atom stereocenters. The highest BCUT2D eigenvalue weighted by molar-refractivity contribution is 5.78. The molecule has 19 heavy (non-hydrogen) atoms. The molecule has 0 aromatic heterocycles. The monoisotopic (exact) mass is 259 g/mol. The van der Waals surface area contributed by atoms with Crippen LogP contribution < -0.4 is 0 Å². The van der Waals surface area contributed by atoms with Gasteiger partial charge in [0.15, 0.2) is 0 Å². The SMILES string of the molecule is C=C1C=C(c2cc(O)c(C(C)C)cc2F)C=CN1C. The fourth-order valence-electron chi connectivity index (χ4n) is 2.05. The van der Waals surface area contributed by atoms with Gasteiger partial charge in [0, 0.05) is 24.5 Å². The summed E-state index contributed by atoms with van der Waals surface area (Å²) in [5.74, 6) is -0.111. The lowest BCUT2D eigenvalue weighted by Gasteiger charge is -2.20. The molecule has 0 aliphatic carbocycles. The lowest BCUT2D eigenvalue weighted by Crippen LogP contribution is -2.10. The van der Waals surface area contributed by atoms with Crippen LogP contribution in [0.3, 0.4) is 0 Å². The summed E-state index contributed by atoms with van der Waals surface area (Å²) in [7, 11) is 1.88. The third kappa shape index (κ3) is 2.55. The molecular formula is C16H18FNO. The van der Waals surface area contributed by atoms with E-state index in [0.29, 0.717) is 16.7 Å². The van der Waals surface area contributed by atoms with Crippen molar-refractivity contribution in [3.8, 4) is 5.75 Å². The topological polar surface area (TPSA) is 23.5 Å². The van der Waals surface area contributed by atoms with Crippen molar-refractivity contribution in [3.63, 3.8) is 0 Å². The van der Waals surface area contributed by atoms with Crippen molar-refractivity contribution in [2.75, 3.05) is 7.05 Å². The molecule has 0 atom stereocenters. The fourth-order valence-corrected chi connectivity index (χ4v) is 2.05. The van der Waals surface area contributed by atoms with Gasteiger partial charge in [-0.25, -0.2) is 4.39 Å². The Morgan fingerprint density at radius 2 is 2.00 bits per heavy atom. The van der Waals surface area contributed by atoms with Crippen LogP contribution in [0.2, 0.25) is 0 Å². The number of phenolic OH excluding ortho intramolecular Hbond substituents is 1. The summed E-state index contributed by atoms with van der Waals surface area (Å²) >= 11 is 0. The summed E-state index contributed by atoms with van der Waals surface area (Å²) < 4.78 is 14.2. The van der Waals surface area contributed by atoms with Crippen molar-refractivity contribution >= 4 is 5.57 Å². The number of hydrogen-bond acceptors (Lipinski definition) is 2. The van der Waals surface area contributed by atoms with Crippen LogP contribution >= 0.6 is 0 Å². The number of aromatic hydroxyl groups is 1. The molecule has 3 heteroatoms. The first-order valence-electron chi connectivity index (χ1n) is 6.24. The predicted octanol–water partition coefficient (Wildman–Crippen LogP) is 4.01. The molecule has 1 aliphatic rings. The zero-order chi connectivity index (χ0) is 14.2.